The zero-order valence-corrected chi connectivity index (χ0v) is 20.8. The average molecular weight is 498 g/mol. The number of nitrogens with zero attached hydrogens (tertiary/aromatic N) is 4. The topological polar surface area (TPSA) is 115 Å². The van der Waals surface area contributed by atoms with Crippen molar-refractivity contribution in [3.8, 4) is 0 Å². The number of carbonyl (C=O) groups is 2. The van der Waals surface area contributed by atoms with Crippen molar-refractivity contribution in [3.63, 3.8) is 0 Å². The number of pyridine rings is 1. The molecule has 0 atom stereocenters. The number of hydrogen-bond acceptors (Lipinski definition) is 9. The third kappa shape index (κ3) is 5.41. The van der Waals surface area contributed by atoms with Gasteiger partial charge in [-0.05, 0) is 18.2 Å². The highest BCUT2D eigenvalue weighted by Crippen LogP contribution is 2.27. The minimum Gasteiger partial charge on any atom is -0.466 e. The quantitative estimate of drug-likeness (QED) is 0.423. The SMILES string of the molecule is COC(=O)C=Cc1c(N2CCOCC2)nc2cc(C(=O)Nc3nc(C(C)(C)C)cs3)ccn2c1=O. The van der Waals surface area contributed by atoms with Crippen LogP contribution in [0.4, 0.5) is 10.9 Å². The van der Waals surface area contributed by atoms with Crippen molar-refractivity contribution in [1.29, 1.82) is 0 Å². The Bertz CT molecular complexity index is 1350. The Morgan fingerprint density at radius 2 is 1.97 bits per heavy atom. The van der Waals surface area contributed by atoms with Crippen LogP contribution in [0, 0.1) is 0 Å². The first-order valence-corrected chi connectivity index (χ1v) is 12.0. The van der Waals surface area contributed by atoms with Crippen molar-refractivity contribution in [2.24, 2.45) is 0 Å². The second-order valence-corrected chi connectivity index (χ2v) is 9.85. The van der Waals surface area contributed by atoms with E-state index >= 15 is 0 Å². The van der Waals surface area contributed by atoms with Gasteiger partial charge >= 0.3 is 5.97 Å². The summed E-state index contributed by atoms with van der Waals surface area (Å²) < 4.78 is 11.4. The van der Waals surface area contributed by atoms with Gasteiger partial charge in [-0.25, -0.2) is 14.8 Å². The van der Waals surface area contributed by atoms with Crippen LogP contribution in [0.3, 0.4) is 0 Å². The second-order valence-electron chi connectivity index (χ2n) is 9.00. The molecule has 1 N–H and O–H groups in total. The van der Waals surface area contributed by atoms with Crippen molar-refractivity contribution in [3.05, 3.63) is 57.0 Å². The van der Waals surface area contributed by atoms with E-state index in [1.807, 2.05) is 10.3 Å². The summed E-state index contributed by atoms with van der Waals surface area (Å²) in [6.45, 7) is 8.25. The van der Waals surface area contributed by atoms with Crippen LogP contribution in [0.25, 0.3) is 11.7 Å². The highest BCUT2D eigenvalue weighted by atomic mass is 32.1. The maximum Gasteiger partial charge on any atom is 0.330 e. The number of nitrogens with one attached hydrogen (secondary N) is 1. The summed E-state index contributed by atoms with van der Waals surface area (Å²) in [7, 11) is 1.27. The van der Waals surface area contributed by atoms with E-state index in [0.29, 0.717) is 48.5 Å². The van der Waals surface area contributed by atoms with Gasteiger partial charge in [0.1, 0.15) is 11.5 Å². The number of methoxy groups -OCH3 is 1. The van der Waals surface area contributed by atoms with Crippen LogP contribution < -0.4 is 15.8 Å². The van der Waals surface area contributed by atoms with E-state index in [4.69, 9.17) is 4.74 Å². The molecule has 0 bridgehead atoms. The molecule has 3 aromatic rings. The third-order valence-electron chi connectivity index (χ3n) is 5.50. The molecule has 4 rings (SSSR count). The lowest BCUT2D eigenvalue weighted by Crippen LogP contribution is -2.38. The first-order valence-electron chi connectivity index (χ1n) is 11.1. The molecule has 1 aliphatic rings. The van der Waals surface area contributed by atoms with Gasteiger partial charge in [-0.3, -0.25) is 19.3 Å². The number of hydrogen-bond donors (Lipinski definition) is 1. The largest absolute Gasteiger partial charge is 0.466 e. The number of carbonyl (C=O) groups excluding carboxylic acids is 2. The molecule has 0 radical (unpaired) electrons. The number of rotatable bonds is 5. The molecule has 4 heterocycles. The van der Waals surface area contributed by atoms with Crippen molar-refractivity contribution in [1.82, 2.24) is 14.4 Å². The zero-order chi connectivity index (χ0) is 25.2. The van der Waals surface area contributed by atoms with Gasteiger partial charge in [0.05, 0.1) is 31.6 Å². The Kier molecular flexibility index (Phi) is 6.99. The van der Waals surface area contributed by atoms with E-state index in [2.05, 4.69) is 40.8 Å². The molecule has 1 amide bonds. The average Bonchev–Trinajstić information content (AvgIpc) is 3.32. The molecule has 184 valence electrons. The molecule has 1 saturated heterocycles. The van der Waals surface area contributed by atoms with E-state index in [0.717, 1.165) is 5.69 Å². The minimum absolute atomic E-state index is 0.122. The highest BCUT2D eigenvalue weighted by molar-refractivity contribution is 7.14. The summed E-state index contributed by atoms with van der Waals surface area (Å²) in [6.07, 6.45) is 4.10. The Hall–Kier alpha value is -3.57. The number of amides is 1. The number of aromatic nitrogens is 3. The molecule has 0 saturated carbocycles. The molecule has 0 aliphatic carbocycles. The van der Waals surface area contributed by atoms with Crippen LogP contribution in [0.5, 0.6) is 0 Å². The van der Waals surface area contributed by atoms with Gasteiger partial charge in [0, 0.05) is 41.7 Å². The van der Waals surface area contributed by atoms with Crippen LogP contribution in [0.2, 0.25) is 0 Å². The van der Waals surface area contributed by atoms with Gasteiger partial charge in [0.25, 0.3) is 11.5 Å². The van der Waals surface area contributed by atoms with Crippen LogP contribution in [0.15, 0.2) is 34.6 Å². The zero-order valence-electron chi connectivity index (χ0n) is 20.0. The lowest BCUT2D eigenvalue weighted by atomic mass is 9.93. The molecule has 11 heteroatoms. The number of thiazole rings is 1. The smallest absolute Gasteiger partial charge is 0.330 e. The molecule has 10 nitrogen and oxygen atoms in total. The highest BCUT2D eigenvalue weighted by Gasteiger charge is 2.21. The summed E-state index contributed by atoms with van der Waals surface area (Å²) in [6, 6.07) is 3.11. The van der Waals surface area contributed by atoms with Gasteiger partial charge in [-0.15, -0.1) is 11.3 Å². The lowest BCUT2D eigenvalue weighted by molar-refractivity contribution is -0.134. The Balaban J connectivity index is 1.71. The molecular formula is C24H27N5O5S. The molecule has 0 spiro atoms. The number of anilines is 2. The minimum atomic E-state index is -0.578. The maximum atomic E-state index is 13.3. The van der Waals surface area contributed by atoms with Gasteiger partial charge in [-0.1, -0.05) is 20.8 Å². The van der Waals surface area contributed by atoms with Crippen LogP contribution >= 0.6 is 11.3 Å². The monoisotopic (exact) mass is 497 g/mol. The second kappa shape index (κ2) is 9.96. The Morgan fingerprint density at radius 1 is 1.23 bits per heavy atom. The van der Waals surface area contributed by atoms with Gasteiger partial charge < -0.3 is 14.4 Å². The fourth-order valence-corrected chi connectivity index (χ4v) is 4.44. The van der Waals surface area contributed by atoms with Crippen molar-refractivity contribution < 1.29 is 19.1 Å². The molecule has 35 heavy (non-hydrogen) atoms. The van der Waals surface area contributed by atoms with Crippen LogP contribution in [-0.4, -0.2) is 59.7 Å². The van der Waals surface area contributed by atoms with Crippen molar-refractivity contribution in [2.75, 3.05) is 43.6 Å². The summed E-state index contributed by atoms with van der Waals surface area (Å²) in [4.78, 5) is 49.0. The Morgan fingerprint density at radius 3 is 2.63 bits per heavy atom. The molecule has 3 aromatic heterocycles. The molecule has 1 aliphatic heterocycles. The van der Waals surface area contributed by atoms with E-state index in [1.165, 1.54) is 41.2 Å². The van der Waals surface area contributed by atoms with Gasteiger partial charge in [0.15, 0.2) is 5.13 Å². The standard InChI is InChI=1S/C24H27N5O5S/c1-24(2,3)17-14-35-23(25-17)27-21(31)15-7-8-29-18(13-15)26-20(28-9-11-34-12-10-28)16(22(29)32)5-6-19(30)33-4/h5-8,13-14H,9-12H2,1-4H3,(H,25,27,31). The predicted molar refractivity (Wildman–Crippen MR) is 134 cm³/mol. The van der Waals surface area contributed by atoms with E-state index in [9.17, 15) is 14.4 Å². The third-order valence-corrected chi connectivity index (χ3v) is 6.26. The van der Waals surface area contributed by atoms with Gasteiger partial charge in [0.2, 0.25) is 0 Å². The fraction of sp³-hybridized carbons (Fsp3) is 0.375. The predicted octanol–water partition coefficient (Wildman–Crippen LogP) is 2.72. The van der Waals surface area contributed by atoms with E-state index < -0.39 is 5.97 Å². The fourth-order valence-electron chi connectivity index (χ4n) is 3.51. The van der Waals surface area contributed by atoms with Crippen molar-refractivity contribution in [2.45, 2.75) is 26.2 Å². The van der Waals surface area contributed by atoms with E-state index in [-0.39, 0.29) is 22.4 Å². The summed E-state index contributed by atoms with van der Waals surface area (Å²) in [5.41, 5.74) is 1.32. The number of ether oxygens (including phenoxy) is 2. The molecular weight excluding hydrogens is 470 g/mol. The first kappa shape index (κ1) is 24.6. The first-order chi connectivity index (χ1) is 16.7. The summed E-state index contributed by atoms with van der Waals surface area (Å²) >= 11 is 1.36. The summed E-state index contributed by atoms with van der Waals surface area (Å²) in [5, 5.41) is 5.25. The number of fused-ring (bicyclic) bond motifs is 1. The molecule has 0 unspecified atom stereocenters. The Labute approximate surface area is 206 Å². The number of esters is 1. The van der Waals surface area contributed by atoms with E-state index in [1.54, 1.807) is 12.1 Å². The van der Waals surface area contributed by atoms with Crippen LogP contribution in [-0.2, 0) is 19.7 Å². The molecule has 0 aromatic carbocycles. The van der Waals surface area contributed by atoms with Gasteiger partial charge in [-0.2, -0.15) is 0 Å². The maximum absolute atomic E-state index is 13.3. The number of morpholine rings is 1. The van der Waals surface area contributed by atoms with Crippen LogP contribution in [0.1, 0.15) is 42.4 Å². The summed E-state index contributed by atoms with van der Waals surface area (Å²) in [5.74, 6) is -0.504. The molecule has 1 fully saturated rings. The normalized spacial score (nSPS) is 14.5. The lowest BCUT2D eigenvalue weighted by Gasteiger charge is -2.29. The van der Waals surface area contributed by atoms with Crippen molar-refractivity contribution >= 4 is 45.9 Å².